The molecule has 0 aromatic heterocycles. The number of hydrogen-bond donors (Lipinski definition) is 1. The van der Waals surface area contributed by atoms with Crippen LogP contribution in [0.5, 0.6) is 0 Å². The maximum absolute atomic E-state index is 13.1. The molecule has 2 N–H and O–H groups in total. The van der Waals surface area contributed by atoms with Crippen molar-refractivity contribution in [2.24, 2.45) is 11.1 Å². The van der Waals surface area contributed by atoms with Gasteiger partial charge in [-0.15, -0.1) is 0 Å². The molecular weight excluding hydrogens is 148 g/mol. The second-order valence-electron chi connectivity index (χ2n) is 3.54. The van der Waals surface area contributed by atoms with E-state index in [1.807, 2.05) is 0 Å². The second kappa shape index (κ2) is 3.48. The van der Waals surface area contributed by atoms with Gasteiger partial charge in [-0.25, -0.2) is 8.78 Å². The predicted molar refractivity (Wildman–Crippen MR) is 42.7 cm³/mol. The van der Waals surface area contributed by atoms with Crippen molar-refractivity contribution in [2.75, 3.05) is 6.54 Å². The van der Waals surface area contributed by atoms with Crippen LogP contribution in [0.3, 0.4) is 0 Å². The monoisotopic (exact) mass is 165 g/mol. The molecule has 1 nitrogen and oxygen atoms in total. The molecule has 0 rings (SSSR count). The van der Waals surface area contributed by atoms with Gasteiger partial charge in [-0.2, -0.15) is 0 Å². The quantitative estimate of drug-likeness (QED) is 0.680. The van der Waals surface area contributed by atoms with Crippen molar-refractivity contribution in [1.29, 1.82) is 0 Å². The van der Waals surface area contributed by atoms with Crippen molar-refractivity contribution < 1.29 is 8.78 Å². The lowest BCUT2D eigenvalue weighted by Crippen LogP contribution is -2.42. The summed E-state index contributed by atoms with van der Waals surface area (Å²) >= 11 is 0. The fourth-order valence-corrected chi connectivity index (χ4v) is 0.802. The van der Waals surface area contributed by atoms with Crippen LogP contribution in [0.2, 0.25) is 0 Å². The Kier molecular flexibility index (Phi) is 3.42. The lowest BCUT2D eigenvalue weighted by Gasteiger charge is -2.32. The largest absolute Gasteiger partial charge is 0.330 e. The number of nitrogens with two attached hydrogens (primary N) is 1. The smallest absolute Gasteiger partial charge is 0.254 e. The van der Waals surface area contributed by atoms with Gasteiger partial charge >= 0.3 is 0 Å². The molecular formula is C8H17F2N. The molecule has 0 bridgehead atoms. The third-order valence-electron chi connectivity index (χ3n) is 2.06. The van der Waals surface area contributed by atoms with Crippen LogP contribution in [0.4, 0.5) is 8.78 Å². The third-order valence-corrected chi connectivity index (χ3v) is 2.06. The van der Waals surface area contributed by atoms with Gasteiger partial charge in [0.2, 0.25) is 0 Å². The molecule has 0 fully saturated rings. The SMILES string of the molecule is CCCC(F)(F)C(C)(C)CN. The van der Waals surface area contributed by atoms with E-state index >= 15 is 0 Å². The van der Waals surface area contributed by atoms with Crippen molar-refractivity contribution in [2.45, 2.75) is 39.5 Å². The topological polar surface area (TPSA) is 26.0 Å². The molecule has 68 valence electrons. The summed E-state index contributed by atoms with van der Waals surface area (Å²) in [7, 11) is 0. The van der Waals surface area contributed by atoms with E-state index in [2.05, 4.69) is 0 Å². The predicted octanol–water partition coefficient (Wildman–Crippen LogP) is 2.41. The summed E-state index contributed by atoms with van der Waals surface area (Å²) in [5, 5.41) is 0. The van der Waals surface area contributed by atoms with Crippen LogP contribution in [-0.2, 0) is 0 Å². The molecule has 0 unspecified atom stereocenters. The Bertz CT molecular complexity index is 121. The van der Waals surface area contributed by atoms with Crippen molar-refractivity contribution in [3.63, 3.8) is 0 Å². The second-order valence-corrected chi connectivity index (χ2v) is 3.54. The van der Waals surface area contributed by atoms with Crippen LogP contribution in [0.15, 0.2) is 0 Å². The average molecular weight is 165 g/mol. The normalized spacial score (nSPS) is 13.6. The van der Waals surface area contributed by atoms with Crippen molar-refractivity contribution in [1.82, 2.24) is 0 Å². The Labute approximate surface area is 67.0 Å². The molecule has 0 aromatic rings. The van der Waals surface area contributed by atoms with Gasteiger partial charge in [-0.3, -0.25) is 0 Å². The van der Waals surface area contributed by atoms with E-state index in [-0.39, 0.29) is 13.0 Å². The minimum atomic E-state index is -2.63. The summed E-state index contributed by atoms with van der Waals surface area (Å²) < 4.78 is 26.2. The molecule has 0 amide bonds. The van der Waals surface area contributed by atoms with Gasteiger partial charge in [-0.1, -0.05) is 27.2 Å². The maximum Gasteiger partial charge on any atom is 0.254 e. The Hall–Kier alpha value is -0.180. The molecule has 0 radical (unpaired) electrons. The Morgan fingerprint density at radius 3 is 2.00 bits per heavy atom. The summed E-state index contributed by atoms with van der Waals surface area (Å²) in [5.41, 5.74) is 4.18. The van der Waals surface area contributed by atoms with E-state index in [9.17, 15) is 8.78 Å². The highest BCUT2D eigenvalue weighted by Crippen LogP contribution is 2.38. The van der Waals surface area contributed by atoms with E-state index in [0.717, 1.165) is 0 Å². The lowest BCUT2D eigenvalue weighted by atomic mass is 9.83. The molecule has 0 aliphatic rings. The van der Waals surface area contributed by atoms with Crippen LogP contribution in [0.25, 0.3) is 0 Å². The summed E-state index contributed by atoms with van der Waals surface area (Å²) in [6.07, 6.45) is 0.424. The Balaban J connectivity index is 4.26. The first kappa shape index (κ1) is 10.8. The number of halogens is 2. The summed E-state index contributed by atoms with van der Waals surface area (Å²) in [4.78, 5) is 0. The Morgan fingerprint density at radius 2 is 1.73 bits per heavy atom. The zero-order valence-corrected chi connectivity index (χ0v) is 7.45. The average Bonchev–Trinajstić information content (AvgIpc) is 1.87. The van der Waals surface area contributed by atoms with Gasteiger partial charge in [-0.05, 0) is 0 Å². The van der Waals surface area contributed by atoms with Crippen molar-refractivity contribution in [3.05, 3.63) is 0 Å². The lowest BCUT2D eigenvalue weighted by molar-refractivity contribution is -0.107. The molecule has 0 aromatic carbocycles. The van der Waals surface area contributed by atoms with Gasteiger partial charge in [0, 0.05) is 18.4 Å². The standard InChI is InChI=1S/C8H17F2N/c1-4-5-8(9,10)7(2,3)6-11/h4-6,11H2,1-3H3. The molecule has 0 saturated heterocycles. The highest BCUT2D eigenvalue weighted by atomic mass is 19.3. The molecule has 0 spiro atoms. The highest BCUT2D eigenvalue weighted by molar-refractivity contribution is 4.85. The fraction of sp³-hybridized carbons (Fsp3) is 1.00. The van der Waals surface area contributed by atoms with Crippen molar-refractivity contribution in [3.8, 4) is 0 Å². The van der Waals surface area contributed by atoms with Crippen LogP contribution in [0.1, 0.15) is 33.6 Å². The molecule has 3 heteroatoms. The Morgan fingerprint density at radius 1 is 1.27 bits per heavy atom. The van der Waals surface area contributed by atoms with Crippen LogP contribution < -0.4 is 5.73 Å². The minimum Gasteiger partial charge on any atom is -0.330 e. The molecule has 0 aliphatic heterocycles. The zero-order valence-electron chi connectivity index (χ0n) is 7.45. The van der Waals surface area contributed by atoms with Gasteiger partial charge in [0.1, 0.15) is 0 Å². The van der Waals surface area contributed by atoms with Gasteiger partial charge in [0.15, 0.2) is 0 Å². The minimum absolute atomic E-state index is 0.0278. The number of rotatable bonds is 4. The molecule has 11 heavy (non-hydrogen) atoms. The first-order valence-corrected chi connectivity index (χ1v) is 3.95. The van der Waals surface area contributed by atoms with Gasteiger partial charge in [0.25, 0.3) is 5.92 Å². The van der Waals surface area contributed by atoms with E-state index in [0.29, 0.717) is 6.42 Å². The summed E-state index contributed by atoms with van der Waals surface area (Å²) in [5.74, 6) is -2.63. The fourth-order valence-electron chi connectivity index (χ4n) is 0.802. The van der Waals surface area contributed by atoms with E-state index in [1.165, 1.54) is 13.8 Å². The van der Waals surface area contributed by atoms with Crippen LogP contribution >= 0.6 is 0 Å². The first-order chi connectivity index (χ1) is 4.87. The van der Waals surface area contributed by atoms with Gasteiger partial charge < -0.3 is 5.73 Å². The van der Waals surface area contributed by atoms with E-state index in [4.69, 9.17) is 5.73 Å². The zero-order chi connectivity index (χ0) is 9.12. The van der Waals surface area contributed by atoms with Crippen LogP contribution in [0, 0.1) is 5.41 Å². The van der Waals surface area contributed by atoms with Crippen LogP contribution in [-0.4, -0.2) is 12.5 Å². The number of alkyl halides is 2. The molecule has 0 heterocycles. The van der Waals surface area contributed by atoms with Crippen molar-refractivity contribution >= 4 is 0 Å². The van der Waals surface area contributed by atoms with E-state index in [1.54, 1.807) is 6.92 Å². The maximum atomic E-state index is 13.1. The van der Waals surface area contributed by atoms with Gasteiger partial charge in [0.05, 0.1) is 0 Å². The molecule has 0 atom stereocenters. The third kappa shape index (κ3) is 2.40. The number of hydrogen-bond acceptors (Lipinski definition) is 1. The molecule has 0 aliphatic carbocycles. The summed E-state index contributed by atoms with van der Waals surface area (Å²) in [6, 6.07) is 0. The molecule has 0 saturated carbocycles. The van der Waals surface area contributed by atoms with E-state index < -0.39 is 11.3 Å². The first-order valence-electron chi connectivity index (χ1n) is 3.95. The summed E-state index contributed by atoms with van der Waals surface area (Å²) in [6.45, 7) is 4.78. The highest BCUT2D eigenvalue weighted by Gasteiger charge is 2.44.